The fourth-order valence-electron chi connectivity index (χ4n) is 2.08. The Kier molecular flexibility index (Phi) is 5.13. The maximum absolute atomic E-state index is 5.71. The van der Waals surface area contributed by atoms with E-state index < -0.39 is 0 Å². The van der Waals surface area contributed by atoms with Gasteiger partial charge in [-0.05, 0) is 45.1 Å². The second kappa shape index (κ2) is 6.85. The lowest BCUT2D eigenvalue weighted by molar-refractivity contribution is 0.0384. The first-order chi connectivity index (χ1) is 8.85. The van der Waals surface area contributed by atoms with Crippen molar-refractivity contribution in [3.63, 3.8) is 0 Å². The Balaban J connectivity index is 1.83. The van der Waals surface area contributed by atoms with E-state index in [-0.39, 0.29) is 6.10 Å². The van der Waals surface area contributed by atoms with Gasteiger partial charge in [0.15, 0.2) is 0 Å². The summed E-state index contributed by atoms with van der Waals surface area (Å²) >= 11 is 0. The molecule has 1 aromatic heterocycles. The van der Waals surface area contributed by atoms with Crippen LogP contribution in [-0.4, -0.2) is 23.3 Å². The summed E-state index contributed by atoms with van der Waals surface area (Å²) in [6.45, 7) is 3.45. The molecule has 0 bridgehead atoms. The van der Waals surface area contributed by atoms with Crippen LogP contribution in [0.1, 0.15) is 56.8 Å². The molecule has 0 amide bonds. The number of nitrogens with zero attached hydrogens (tertiary/aromatic N) is 2. The molecule has 1 aromatic rings. The summed E-state index contributed by atoms with van der Waals surface area (Å²) in [7, 11) is 0. The second-order valence-electron chi connectivity index (χ2n) is 4.86. The molecule has 0 saturated heterocycles. The zero-order valence-corrected chi connectivity index (χ0v) is 11.1. The van der Waals surface area contributed by atoms with E-state index in [1.807, 2.05) is 6.92 Å². The molecule has 1 aliphatic rings. The molecule has 2 N–H and O–H groups in total. The predicted molar refractivity (Wildman–Crippen MR) is 68.0 cm³/mol. The third-order valence-electron chi connectivity index (χ3n) is 3.23. The maximum Gasteiger partial charge on any atom is 0.226 e. The first kappa shape index (κ1) is 13.5. The highest BCUT2D eigenvalue weighted by molar-refractivity contribution is 4.98. The largest absolute Gasteiger partial charge is 0.370 e. The number of rotatable bonds is 9. The van der Waals surface area contributed by atoms with Crippen LogP contribution in [0.2, 0.25) is 0 Å². The Hall–Kier alpha value is -0.940. The van der Waals surface area contributed by atoms with Gasteiger partial charge in [0.25, 0.3) is 0 Å². The number of unbranched alkanes of at least 4 members (excludes halogenated alkanes) is 2. The van der Waals surface area contributed by atoms with Crippen LogP contribution in [0.4, 0.5) is 0 Å². The highest BCUT2D eigenvalue weighted by atomic mass is 16.5. The number of nitrogens with two attached hydrogens (primary N) is 1. The zero-order valence-electron chi connectivity index (χ0n) is 11.1. The van der Waals surface area contributed by atoms with Crippen LogP contribution in [-0.2, 0) is 11.2 Å². The Morgan fingerprint density at radius 1 is 1.39 bits per heavy atom. The van der Waals surface area contributed by atoms with E-state index >= 15 is 0 Å². The minimum atomic E-state index is 0.0385. The van der Waals surface area contributed by atoms with Crippen molar-refractivity contribution >= 4 is 0 Å². The quantitative estimate of drug-likeness (QED) is 0.683. The van der Waals surface area contributed by atoms with Crippen LogP contribution in [0.15, 0.2) is 4.52 Å². The topological polar surface area (TPSA) is 74.2 Å². The highest BCUT2D eigenvalue weighted by Crippen LogP contribution is 2.42. The van der Waals surface area contributed by atoms with Crippen LogP contribution in [0, 0.1) is 5.92 Å². The number of aromatic nitrogens is 2. The van der Waals surface area contributed by atoms with Gasteiger partial charge in [0.2, 0.25) is 11.7 Å². The van der Waals surface area contributed by atoms with Crippen molar-refractivity contribution in [3.05, 3.63) is 11.7 Å². The normalized spacial score (nSPS) is 17.0. The van der Waals surface area contributed by atoms with Crippen molar-refractivity contribution < 1.29 is 9.26 Å². The highest BCUT2D eigenvalue weighted by Gasteiger charge is 2.36. The molecule has 1 saturated carbocycles. The molecule has 5 nitrogen and oxygen atoms in total. The molecule has 1 aliphatic carbocycles. The monoisotopic (exact) mass is 253 g/mol. The minimum absolute atomic E-state index is 0.0385. The van der Waals surface area contributed by atoms with E-state index in [9.17, 15) is 0 Å². The summed E-state index contributed by atoms with van der Waals surface area (Å²) in [5, 5.41) is 4.06. The van der Waals surface area contributed by atoms with Crippen LogP contribution in [0.5, 0.6) is 0 Å². The Bertz CT molecular complexity index is 350. The standard InChI is InChI=1S/C13H23N3O2/c1-2-17-12(10-7-8-10)13-15-11(18-16-13)6-4-3-5-9-14/h10,12H,2-9,14H2,1H3. The average molecular weight is 253 g/mol. The summed E-state index contributed by atoms with van der Waals surface area (Å²) in [4.78, 5) is 4.45. The summed E-state index contributed by atoms with van der Waals surface area (Å²) in [5.74, 6) is 2.05. The molecule has 102 valence electrons. The maximum atomic E-state index is 5.71. The molecule has 1 unspecified atom stereocenters. The van der Waals surface area contributed by atoms with E-state index in [0.29, 0.717) is 12.5 Å². The number of aryl methyl sites for hydroxylation is 1. The van der Waals surface area contributed by atoms with Gasteiger partial charge in [-0.25, -0.2) is 0 Å². The van der Waals surface area contributed by atoms with Gasteiger partial charge < -0.3 is 15.0 Å². The molecule has 0 radical (unpaired) electrons. The van der Waals surface area contributed by atoms with E-state index in [0.717, 1.165) is 43.9 Å². The minimum Gasteiger partial charge on any atom is -0.370 e. The van der Waals surface area contributed by atoms with Gasteiger partial charge in [0.05, 0.1) is 0 Å². The van der Waals surface area contributed by atoms with Gasteiger partial charge in [-0.2, -0.15) is 4.98 Å². The van der Waals surface area contributed by atoms with Crippen LogP contribution in [0.25, 0.3) is 0 Å². The fraction of sp³-hybridized carbons (Fsp3) is 0.846. The van der Waals surface area contributed by atoms with Gasteiger partial charge in [-0.15, -0.1) is 0 Å². The number of hydrogen-bond donors (Lipinski definition) is 1. The molecule has 1 fully saturated rings. The third kappa shape index (κ3) is 3.78. The molecule has 0 aromatic carbocycles. The molecule has 1 atom stereocenters. The second-order valence-corrected chi connectivity index (χ2v) is 4.86. The lowest BCUT2D eigenvalue weighted by atomic mass is 10.2. The Morgan fingerprint density at radius 2 is 2.22 bits per heavy atom. The smallest absolute Gasteiger partial charge is 0.226 e. The predicted octanol–water partition coefficient (Wildman–Crippen LogP) is 2.23. The van der Waals surface area contributed by atoms with Gasteiger partial charge in [0.1, 0.15) is 6.10 Å². The molecule has 1 heterocycles. The van der Waals surface area contributed by atoms with Crippen LogP contribution >= 0.6 is 0 Å². The first-order valence-corrected chi connectivity index (χ1v) is 6.99. The van der Waals surface area contributed by atoms with Crippen LogP contribution in [0.3, 0.4) is 0 Å². The van der Waals surface area contributed by atoms with Crippen molar-refractivity contribution in [1.82, 2.24) is 10.1 Å². The zero-order chi connectivity index (χ0) is 12.8. The van der Waals surface area contributed by atoms with Crippen LogP contribution < -0.4 is 5.73 Å². The van der Waals surface area contributed by atoms with Gasteiger partial charge in [-0.1, -0.05) is 11.6 Å². The molecule has 2 rings (SSSR count). The lowest BCUT2D eigenvalue weighted by Gasteiger charge is -2.10. The Labute approximate surface area is 108 Å². The summed E-state index contributed by atoms with van der Waals surface area (Å²) in [5.41, 5.74) is 5.46. The third-order valence-corrected chi connectivity index (χ3v) is 3.23. The number of hydrogen-bond acceptors (Lipinski definition) is 5. The lowest BCUT2D eigenvalue weighted by Crippen LogP contribution is -2.08. The van der Waals surface area contributed by atoms with Gasteiger partial charge >= 0.3 is 0 Å². The Morgan fingerprint density at radius 3 is 2.89 bits per heavy atom. The number of ether oxygens (including phenoxy) is 1. The fourth-order valence-corrected chi connectivity index (χ4v) is 2.08. The van der Waals surface area contributed by atoms with E-state index in [1.165, 1.54) is 12.8 Å². The van der Waals surface area contributed by atoms with Crippen molar-refractivity contribution in [2.45, 2.75) is 51.6 Å². The molecule has 5 heteroatoms. The summed E-state index contributed by atoms with van der Waals surface area (Å²) in [6, 6.07) is 0. The summed E-state index contributed by atoms with van der Waals surface area (Å²) < 4.78 is 11.0. The van der Waals surface area contributed by atoms with E-state index in [2.05, 4.69) is 10.1 Å². The average Bonchev–Trinajstić information content (AvgIpc) is 3.11. The van der Waals surface area contributed by atoms with Crippen molar-refractivity contribution in [1.29, 1.82) is 0 Å². The molecule has 0 aliphatic heterocycles. The van der Waals surface area contributed by atoms with E-state index in [4.69, 9.17) is 15.0 Å². The van der Waals surface area contributed by atoms with Crippen molar-refractivity contribution in [2.24, 2.45) is 11.7 Å². The SMILES string of the molecule is CCOC(c1noc(CCCCCN)n1)C1CC1. The molecule has 18 heavy (non-hydrogen) atoms. The van der Waals surface area contributed by atoms with Gasteiger partial charge in [-0.3, -0.25) is 0 Å². The van der Waals surface area contributed by atoms with Crippen molar-refractivity contribution in [2.75, 3.05) is 13.2 Å². The van der Waals surface area contributed by atoms with E-state index in [1.54, 1.807) is 0 Å². The van der Waals surface area contributed by atoms with Gasteiger partial charge in [0, 0.05) is 13.0 Å². The van der Waals surface area contributed by atoms with Crippen molar-refractivity contribution in [3.8, 4) is 0 Å². The molecule has 0 spiro atoms. The molecular formula is C13H23N3O2. The summed E-state index contributed by atoms with van der Waals surface area (Å²) in [6.07, 6.45) is 6.54. The molecular weight excluding hydrogens is 230 g/mol. The first-order valence-electron chi connectivity index (χ1n) is 6.99.